The predicted molar refractivity (Wildman–Crippen MR) is 381 cm³/mol. The van der Waals surface area contributed by atoms with Crippen molar-refractivity contribution < 1.29 is 66.9 Å². The normalized spacial score (nSPS) is 25.3. The van der Waals surface area contributed by atoms with E-state index in [1.165, 1.54) is 64.1 Å². The van der Waals surface area contributed by atoms with Crippen molar-refractivity contribution in [2.24, 2.45) is 10.8 Å². The molecule has 5 fully saturated rings. The zero-order chi connectivity index (χ0) is 69.7. The summed E-state index contributed by atoms with van der Waals surface area (Å²) in [6.45, 7) is 27.2. The van der Waals surface area contributed by atoms with Gasteiger partial charge in [0.15, 0.2) is 11.5 Å². The van der Waals surface area contributed by atoms with Crippen LogP contribution < -0.4 is 14.2 Å². The number of rotatable bonds is 24. The van der Waals surface area contributed by atoms with Crippen molar-refractivity contribution >= 4 is 38.2 Å². The highest BCUT2D eigenvalue weighted by molar-refractivity contribution is 6.76. The van der Waals surface area contributed by atoms with Gasteiger partial charge in [0, 0.05) is 95.6 Å². The number of carbonyl (C=O) groups is 4. The van der Waals surface area contributed by atoms with Gasteiger partial charge in [0.2, 0.25) is 0 Å². The van der Waals surface area contributed by atoms with E-state index >= 15 is 0 Å². The Morgan fingerprint density at radius 2 is 0.947 bits per heavy atom. The zero-order valence-electron chi connectivity index (χ0n) is 60.5. The molecule has 17 nitrogen and oxygen atoms in total. The van der Waals surface area contributed by atoms with Crippen LogP contribution >= 0.6 is 0 Å². The fourth-order valence-corrected chi connectivity index (χ4v) is 15.8. The number of ketones is 1. The van der Waals surface area contributed by atoms with Crippen molar-refractivity contribution in [3.05, 3.63) is 131 Å². The molecular formula is C77H117N3O14Si. The van der Waals surface area contributed by atoms with E-state index < -0.39 is 24.9 Å². The number of methoxy groups -OCH3 is 6. The van der Waals surface area contributed by atoms with Crippen LogP contribution in [0, 0.1) is 17.8 Å². The number of Topliss-reactive ketones (excluding diaryl/α,β-unsaturated/α-hetero) is 1. The van der Waals surface area contributed by atoms with E-state index in [0.717, 1.165) is 138 Å². The minimum Gasteiger partial charge on any atom is -0.497 e. The maximum absolute atomic E-state index is 12.7. The summed E-state index contributed by atoms with van der Waals surface area (Å²) in [5, 5.41) is 9.96. The summed E-state index contributed by atoms with van der Waals surface area (Å²) in [4.78, 5) is 53.5. The molecule has 4 atom stereocenters. The highest BCUT2D eigenvalue weighted by Gasteiger charge is 2.53. The zero-order valence-corrected chi connectivity index (χ0v) is 61.5. The van der Waals surface area contributed by atoms with Crippen LogP contribution in [0.25, 0.3) is 6.08 Å². The fraction of sp³-hybridized carbons (Fsp3) is 0.610. The highest BCUT2D eigenvalue weighted by Crippen LogP contribution is 2.47. The Morgan fingerprint density at radius 3 is 1.29 bits per heavy atom. The molecule has 528 valence electrons. The number of ether oxygens (including phenoxy) is 9. The number of hydrogen-bond donors (Lipinski definition) is 1. The second-order valence-corrected chi connectivity index (χ2v) is 33.0. The second-order valence-electron chi connectivity index (χ2n) is 27.6. The third-order valence-corrected chi connectivity index (χ3v) is 20.8. The van der Waals surface area contributed by atoms with Crippen molar-refractivity contribution in [1.29, 1.82) is 0 Å². The van der Waals surface area contributed by atoms with Gasteiger partial charge in [0.05, 0.1) is 79.5 Å². The summed E-state index contributed by atoms with van der Waals surface area (Å²) in [7, 11) is 8.65. The van der Waals surface area contributed by atoms with E-state index in [2.05, 4.69) is 67.2 Å². The minimum atomic E-state index is -1.06. The molecule has 0 radical (unpaired) electrons. The van der Waals surface area contributed by atoms with Crippen molar-refractivity contribution in [2.45, 2.75) is 193 Å². The molecule has 0 bridgehead atoms. The first-order valence-electron chi connectivity index (χ1n) is 34.5. The quantitative estimate of drug-likeness (QED) is 0.0174. The van der Waals surface area contributed by atoms with Gasteiger partial charge in [0.25, 0.3) is 0 Å². The first-order valence-corrected chi connectivity index (χ1v) is 38.2. The van der Waals surface area contributed by atoms with Crippen LogP contribution in [0.4, 0.5) is 0 Å². The molecule has 9 rings (SSSR count). The number of hydrogen-bond acceptors (Lipinski definition) is 16. The van der Waals surface area contributed by atoms with E-state index in [-0.39, 0.29) is 23.6 Å². The number of allylic oxidation sites excluding steroid dienone is 1. The van der Waals surface area contributed by atoms with Crippen LogP contribution in [0.2, 0.25) is 19.6 Å². The van der Waals surface area contributed by atoms with Gasteiger partial charge in [0.1, 0.15) is 23.5 Å². The Bertz CT molecular complexity index is 2900. The summed E-state index contributed by atoms with van der Waals surface area (Å²) in [6.07, 6.45) is 18.8. The Hall–Kier alpha value is -5.96. The number of carbonyl (C=O) groups excluding carboxylic acids is 3. The Kier molecular flexibility index (Phi) is 33.6. The number of likely N-dealkylation sites (tertiary alicyclic amines) is 2. The van der Waals surface area contributed by atoms with Gasteiger partial charge >= 0.3 is 11.9 Å². The fourth-order valence-electron chi connectivity index (χ4n) is 14.2. The van der Waals surface area contributed by atoms with Gasteiger partial charge in [-0.3, -0.25) is 33.9 Å². The molecule has 18 heteroatoms. The molecule has 3 saturated carbocycles. The standard InChI is InChI=1S/C22H33NO4.C21H31NO4.C14H31NO2Si.C12H14O3.C8H8O/c1-5-27-19-12-8-17(9-13-19)23-14-20(22(2,15-23)21(24)26-4)16-6-10-18(25-3)11-7-16;1-4-26-18-11-7-16(8-12-18)22-13-19(21(2,14-22)20(23)24)15-5-9-17(25-3)10-6-15;1-6-17-14-9-7-13(8-10-14)15(11-16-2)12-18(3,4)5;1-9(13)12(15-3)8-10-4-6-11(14-2)7-5-10;1-7-2-4-8(6-9)5-3-7/h6-7,10-11,17,19-20H,5,8-9,12-15H2,1-4H3;5-6,9-10,16,18-19H,4,7-8,11-14H2,1-3H3,(H,23,24);13-14H,6-12H2,1-5H3;4-8H,1-3H3;2-6H,1H3/b;;;12-8-;. The van der Waals surface area contributed by atoms with Crippen LogP contribution in [0.5, 0.6) is 17.2 Å². The average Bonchev–Trinajstić information content (AvgIpc) is 1.63. The monoisotopic (exact) mass is 1340 g/mol. The van der Waals surface area contributed by atoms with Crippen molar-refractivity contribution in [1.82, 2.24) is 14.7 Å². The number of aldehydes is 1. The summed E-state index contributed by atoms with van der Waals surface area (Å²) >= 11 is 0. The Labute approximate surface area is 570 Å². The van der Waals surface area contributed by atoms with Gasteiger partial charge in [-0.1, -0.05) is 85.9 Å². The van der Waals surface area contributed by atoms with E-state index in [0.29, 0.717) is 48.7 Å². The van der Waals surface area contributed by atoms with Crippen molar-refractivity contribution in [3.8, 4) is 17.2 Å². The summed E-state index contributed by atoms with van der Waals surface area (Å²) in [6, 6.07) is 32.5. The van der Waals surface area contributed by atoms with Crippen LogP contribution in [0.3, 0.4) is 0 Å². The first-order chi connectivity index (χ1) is 45.4. The van der Waals surface area contributed by atoms with Gasteiger partial charge < -0.3 is 47.7 Å². The topological polar surface area (TPSA) is 181 Å². The number of carboxylic acids is 1. The van der Waals surface area contributed by atoms with Crippen LogP contribution in [0.1, 0.15) is 163 Å². The summed E-state index contributed by atoms with van der Waals surface area (Å²) < 4.78 is 48.4. The second kappa shape index (κ2) is 40.1. The molecule has 5 aliphatic rings. The van der Waals surface area contributed by atoms with E-state index in [9.17, 15) is 24.3 Å². The molecule has 2 aliphatic heterocycles. The smallest absolute Gasteiger partial charge is 0.313 e. The van der Waals surface area contributed by atoms with Gasteiger partial charge in [-0.2, -0.15) is 0 Å². The number of esters is 1. The lowest BCUT2D eigenvalue weighted by Crippen LogP contribution is -2.48. The summed E-state index contributed by atoms with van der Waals surface area (Å²) in [5.74, 6) is 1.98. The largest absolute Gasteiger partial charge is 0.497 e. The molecule has 4 aromatic rings. The number of carboxylic acid groups (broad SMARTS) is 1. The van der Waals surface area contributed by atoms with Crippen LogP contribution in [-0.4, -0.2) is 190 Å². The molecule has 3 aliphatic carbocycles. The predicted octanol–water partition coefficient (Wildman–Crippen LogP) is 14.4. The maximum Gasteiger partial charge on any atom is 0.313 e. The first kappa shape index (κ1) is 79.7. The van der Waals surface area contributed by atoms with Gasteiger partial charge in [-0.15, -0.1) is 0 Å². The lowest BCUT2D eigenvalue weighted by atomic mass is 9.76. The molecule has 1 N–H and O–H groups in total. The molecule has 2 heterocycles. The molecule has 4 unspecified atom stereocenters. The number of aliphatic carboxylic acids is 1. The van der Waals surface area contributed by atoms with E-state index in [4.69, 9.17) is 42.6 Å². The SMILES string of the molecule is CCOC1CCC(N(COC)C[Si](C)(C)C)CC1.CCOC1CCC(N2CC(c3ccc(OC)cc3)C(C)(C(=O)O)C2)CC1.CCOC1CCC(N2CC(c3ccc(OC)cc3)C(C)(C(=O)OC)C2)CC1.CO/C(=C\c1ccc(OC)cc1)C(C)=O.Cc1ccc(C=O)cc1. The highest BCUT2D eigenvalue weighted by atomic mass is 28.3. The lowest BCUT2D eigenvalue weighted by Gasteiger charge is -2.38. The van der Waals surface area contributed by atoms with Crippen LogP contribution in [0.15, 0.2) is 103 Å². The molecule has 0 amide bonds. The summed E-state index contributed by atoms with van der Waals surface area (Å²) in [5.41, 5.74) is 3.80. The molecule has 0 aromatic heterocycles. The molecule has 0 spiro atoms. The average molecular weight is 1340 g/mol. The molecular weight excluding hydrogens is 1220 g/mol. The lowest BCUT2D eigenvalue weighted by molar-refractivity contribution is -0.152. The minimum absolute atomic E-state index is 0.00415. The number of benzene rings is 4. The number of aryl methyl sites for hydroxylation is 1. The van der Waals surface area contributed by atoms with E-state index in [1.807, 2.05) is 113 Å². The molecule has 2 saturated heterocycles. The Balaban J connectivity index is 0.000000224. The maximum atomic E-state index is 12.7. The van der Waals surface area contributed by atoms with Crippen LogP contribution in [-0.2, 0) is 42.8 Å². The van der Waals surface area contributed by atoms with Gasteiger partial charge in [-0.05, 0) is 184 Å². The third-order valence-electron chi connectivity index (χ3n) is 19.5. The van der Waals surface area contributed by atoms with E-state index in [1.54, 1.807) is 27.4 Å². The number of nitrogens with zero attached hydrogens (tertiary/aromatic N) is 3. The Morgan fingerprint density at radius 1 is 0.558 bits per heavy atom. The third kappa shape index (κ3) is 24.5. The van der Waals surface area contributed by atoms with Crippen molar-refractivity contribution in [2.75, 3.05) is 102 Å². The molecule has 4 aromatic carbocycles. The van der Waals surface area contributed by atoms with Gasteiger partial charge in [-0.25, -0.2) is 0 Å². The molecule has 95 heavy (non-hydrogen) atoms. The van der Waals surface area contributed by atoms with Crippen molar-refractivity contribution in [3.63, 3.8) is 0 Å².